The summed E-state index contributed by atoms with van der Waals surface area (Å²) in [5.74, 6) is -1.53. The van der Waals surface area contributed by atoms with Crippen LogP contribution in [-0.4, -0.2) is 213 Å². The lowest BCUT2D eigenvalue weighted by atomic mass is 9.82. The topological polar surface area (TPSA) is 299 Å². The van der Waals surface area contributed by atoms with Gasteiger partial charge in [0.05, 0.1) is 96.4 Å². The Morgan fingerprint density at radius 2 is 0.752 bits per heavy atom. The second kappa shape index (κ2) is 35.9. The van der Waals surface area contributed by atoms with Gasteiger partial charge in [-0.05, 0) is 117 Å². The van der Waals surface area contributed by atoms with Gasteiger partial charge in [-0.3, -0.25) is 54.1 Å². The summed E-state index contributed by atoms with van der Waals surface area (Å²) in [5.41, 5.74) is 10.5. The molecule has 25 heteroatoms. The molecule has 3 aliphatic carbocycles. The Kier molecular flexibility index (Phi) is 27.3. The predicted octanol–water partition coefficient (Wildman–Crippen LogP) is 11.0. The Morgan fingerprint density at radius 3 is 1.08 bits per heavy atom. The Hall–Kier alpha value is -8.43. The molecule has 3 aliphatic heterocycles. The summed E-state index contributed by atoms with van der Waals surface area (Å²) in [6, 6.07) is 30.2. The molecule has 538 valence electrons. The number of rotatable bonds is 19. The molecule has 101 heavy (non-hydrogen) atoms. The molecule has 23 nitrogen and oxygen atoms in total. The van der Waals surface area contributed by atoms with Crippen LogP contribution >= 0.6 is 27.5 Å². The highest BCUT2D eigenvalue weighted by Crippen LogP contribution is 2.40. The van der Waals surface area contributed by atoms with Crippen molar-refractivity contribution in [2.24, 2.45) is 0 Å². The number of hydrogen-bond donors (Lipinski definition) is 7. The van der Waals surface area contributed by atoms with Crippen molar-refractivity contribution in [2.75, 3.05) is 162 Å². The Morgan fingerprint density at radius 1 is 0.465 bits per heavy atom. The molecule has 1 atom stereocenters. The van der Waals surface area contributed by atoms with E-state index in [4.69, 9.17) is 41.0 Å². The first kappa shape index (κ1) is 76.7. The van der Waals surface area contributed by atoms with Gasteiger partial charge < -0.3 is 50.5 Å². The standard InChI is InChI=1S/C26H31N3O5.C24H28ClN3O4.C19H18N2O4.C7H14BrNO/c1-26(2,3)34-25(32)28-20-10-9-19(27-11-6-12-29-13-15-33-16-14-29)21-22(20)24(31)18-8-5-4-7-17(18)23(21)30;25-14-16(29)15-27-20-7-6-19(26-8-3-9-28-10-12-32-13-11-28)21-22(20)24(31)18-5-2-1-4-17(18)23(21)30;1-19(2,3)25-18(24)21-13-9-8-12(20)14-15(13)17(23)11-7-5-4-6-10(11)16(14)22;8-2-1-3-9-4-6-10-7-5-9/h4-5,7-10,27H,6,11-16H2,1-3H3,(H,28,32);1-2,4-7,16,26-27,29H,3,8-15H2;4-9H,20H2,1-3H3,(H,21,24);1-7H2. The zero-order valence-electron chi connectivity index (χ0n) is 58.2. The Balaban J connectivity index is 0.000000166. The fourth-order valence-electron chi connectivity index (χ4n) is 12.3. The first-order chi connectivity index (χ1) is 48.5. The Labute approximate surface area is 602 Å². The molecule has 6 aliphatic rings. The van der Waals surface area contributed by atoms with Gasteiger partial charge in [-0.1, -0.05) is 88.7 Å². The largest absolute Gasteiger partial charge is 0.444 e. The number of amides is 2. The summed E-state index contributed by atoms with van der Waals surface area (Å²) in [5, 5.41) is 26.0. The minimum Gasteiger partial charge on any atom is -0.444 e. The van der Waals surface area contributed by atoms with Crippen molar-refractivity contribution in [1.82, 2.24) is 14.7 Å². The highest BCUT2D eigenvalue weighted by molar-refractivity contribution is 9.09. The van der Waals surface area contributed by atoms with Crippen molar-refractivity contribution < 1.29 is 67.1 Å². The van der Waals surface area contributed by atoms with Crippen molar-refractivity contribution >= 4 is 109 Å². The van der Waals surface area contributed by atoms with Gasteiger partial charge in [0.2, 0.25) is 0 Å². The third-order valence-electron chi connectivity index (χ3n) is 17.1. The number of hydrogen-bond acceptors (Lipinski definition) is 21. The van der Waals surface area contributed by atoms with Crippen LogP contribution in [0.1, 0.15) is 156 Å². The van der Waals surface area contributed by atoms with Crippen molar-refractivity contribution in [3.63, 3.8) is 0 Å². The van der Waals surface area contributed by atoms with Gasteiger partial charge in [0.1, 0.15) is 11.2 Å². The number of aliphatic hydroxyl groups is 1. The molecule has 0 radical (unpaired) electrons. The van der Waals surface area contributed by atoms with E-state index < -0.39 is 29.5 Å². The molecule has 0 spiro atoms. The van der Waals surface area contributed by atoms with Gasteiger partial charge in [0, 0.05) is 120 Å². The third-order valence-corrected chi connectivity index (χ3v) is 18.0. The monoisotopic (exact) mass is 1470 g/mol. The van der Waals surface area contributed by atoms with Crippen LogP contribution in [0.4, 0.5) is 43.7 Å². The summed E-state index contributed by atoms with van der Waals surface area (Å²) in [6.07, 6.45) is 0.895. The maximum absolute atomic E-state index is 13.5. The van der Waals surface area contributed by atoms with Crippen LogP contribution < -0.4 is 32.3 Å². The first-order valence-electron chi connectivity index (χ1n) is 34.2. The second-order valence-electron chi connectivity index (χ2n) is 26.8. The van der Waals surface area contributed by atoms with E-state index in [-0.39, 0.29) is 92.0 Å². The summed E-state index contributed by atoms with van der Waals surface area (Å²) in [7, 11) is 0. The average molecular weight is 1470 g/mol. The molecule has 6 aromatic rings. The van der Waals surface area contributed by atoms with Crippen LogP contribution in [0.5, 0.6) is 0 Å². The van der Waals surface area contributed by atoms with Crippen LogP contribution in [-0.2, 0) is 23.7 Å². The number of alkyl halides is 2. The number of nitrogens with two attached hydrogens (primary N) is 1. The highest BCUT2D eigenvalue weighted by Gasteiger charge is 2.38. The summed E-state index contributed by atoms with van der Waals surface area (Å²) in [4.78, 5) is 111. The molecular weight excluding hydrogens is 1380 g/mol. The van der Waals surface area contributed by atoms with E-state index in [0.717, 1.165) is 110 Å². The number of nitrogen functional groups attached to an aromatic ring is 1. The number of carbonyl (C=O) groups is 8. The number of nitrogens with zero attached hydrogens (tertiary/aromatic N) is 3. The molecule has 3 fully saturated rings. The summed E-state index contributed by atoms with van der Waals surface area (Å²) < 4.78 is 26.6. The molecule has 0 aromatic heterocycles. The number of benzene rings is 6. The van der Waals surface area contributed by atoms with E-state index in [1.54, 1.807) is 133 Å². The number of ketones is 6. The van der Waals surface area contributed by atoms with E-state index in [0.29, 0.717) is 69.1 Å². The van der Waals surface area contributed by atoms with Gasteiger partial charge in [-0.25, -0.2) is 9.59 Å². The number of fused-ring (bicyclic) bond motifs is 6. The maximum atomic E-state index is 13.5. The average Bonchev–Trinajstić information content (AvgIpc) is 0.759. The first-order valence-corrected chi connectivity index (χ1v) is 35.9. The summed E-state index contributed by atoms with van der Waals surface area (Å²) in [6.45, 7) is 25.9. The van der Waals surface area contributed by atoms with Crippen LogP contribution in [0.25, 0.3) is 0 Å². The predicted molar refractivity (Wildman–Crippen MR) is 395 cm³/mol. The molecule has 2 amide bonds. The minimum absolute atomic E-state index is 0.0771. The highest BCUT2D eigenvalue weighted by atomic mass is 79.9. The second-order valence-corrected chi connectivity index (χ2v) is 27.9. The lowest BCUT2D eigenvalue weighted by Crippen LogP contribution is -2.37. The van der Waals surface area contributed by atoms with E-state index in [2.05, 4.69) is 57.2 Å². The number of morpholine rings is 3. The zero-order chi connectivity index (χ0) is 72.4. The van der Waals surface area contributed by atoms with Crippen LogP contribution in [0.3, 0.4) is 0 Å². The van der Waals surface area contributed by atoms with Gasteiger partial charge in [0.15, 0.2) is 34.7 Å². The summed E-state index contributed by atoms with van der Waals surface area (Å²) >= 11 is 9.12. The van der Waals surface area contributed by atoms with Gasteiger partial charge in [-0.2, -0.15) is 0 Å². The number of nitrogens with one attached hydrogen (secondary N) is 5. The zero-order valence-corrected chi connectivity index (χ0v) is 60.5. The van der Waals surface area contributed by atoms with E-state index in [9.17, 15) is 43.5 Å². The van der Waals surface area contributed by atoms with Gasteiger partial charge in [0.25, 0.3) is 0 Å². The molecular formula is C76H91BrClN9O14. The van der Waals surface area contributed by atoms with Gasteiger partial charge in [-0.15, -0.1) is 11.6 Å². The number of anilines is 6. The van der Waals surface area contributed by atoms with Crippen LogP contribution in [0, 0.1) is 0 Å². The molecule has 3 saturated heterocycles. The number of carbonyl (C=O) groups excluding carboxylic acids is 8. The fourth-order valence-corrected chi connectivity index (χ4v) is 12.6. The molecule has 1 unspecified atom stereocenters. The number of ether oxygens (including phenoxy) is 5. The minimum atomic E-state index is -0.757. The molecule has 0 saturated carbocycles. The lowest BCUT2D eigenvalue weighted by molar-refractivity contribution is 0.0378. The fraction of sp³-hybridized carbons (Fsp3) is 0.421. The van der Waals surface area contributed by atoms with Crippen molar-refractivity contribution in [3.8, 4) is 0 Å². The van der Waals surface area contributed by atoms with E-state index in [1.165, 1.54) is 25.1 Å². The van der Waals surface area contributed by atoms with E-state index in [1.807, 2.05) is 6.07 Å². The quantitative estimate of drug-likeness (QED) is 0.0225. The molecule has 6 aromatic carbocycles. The van der Waals surface area contributed by atoms with Gasteiger partial charge >= 0.3 is 12.2 Å². The smallest absolute Gasteiger partial charge is 0.412 e. The SMILES string of the molecule is BrCCCN1CCOCC1.CC(C)(C)OC(=O)Nc1ccc(N)c2c1C(=O)c1ccccc1C2=O.CC(C)(C)OC(=O)Nc1ccc(NCCCN2CCOCC2)c2c1C(=O)c1ccccc1C2=O.O=C1c2ccccc2C(=O)c2c(NCC(O)CCl)ccc(NCCCN3CCOCC3)c21. The number of aliphatic hydroxyl groups excluding tert-OH is 1. The van der Waals surface area contributed by atoms with Crippen molar-refractivity contribution in [3.05, 3.63) is 176 Å². The van der Waals surface area contributed by atoms with Crippen molar-refractivity contribution in [1.29, 1.82) is 0 Å². The van der Waals surface area contributed by atoms with Crippen molar-refractivity contribution in [2.45, 2.75) is 78.1 Å². The number of halogens is 2. The van der Waals surface area contributed by atoms with Crippen LogP contribution in [0.15, 0.2) is 109 Å². The molecule has 8 N–H and O–H groups in total. The molecule has 3 heterocycles. The lowest BCUT2D eigenvalue weighted by Gasteiger charge is -2.27. The maximum Gasteiger partial charge on any atom is 0.412 e. The normalized spacial score (nSPS) is 16.1. The van der Waals surface area contributed by atoms with E-state index >= 15 is 0 Å². The third kappa shape index (κ3) is 20.2. The van der Waals surface area contributed by atoms with Crippen LogP contribution in [0.2, 0.25) is 0 Å². The molecule has 0 bridgehead atoms. The molecule has 12 rings (SSSR count). The Bertz CT molecular complexity index is 3990.